The molecule has 1 aromatic carbocycles. The molecule has 0 saturated carbocycles. The van der Waals surface area contributed by atoms with E-state index in [1.54, 1.807) is 0 Å². The van der Waals surface area contributed by atoms with Crippen LogP contribution in [0.4, 0.5) is 5.69 Å². The Morgan fingerprint density at radius 1 is 1.25 bits per heavy atom. The van der Waals surface area contributed by atoms with Crippen LogP contribution in [0.3, 0.4) is 0 Å². The van der Waals surface area contributed by atoms with Crippen LogP contribution in [-0.2, 0) is 14.8 Å². The van der Waals surface area contributed by atoms with Crippen LogP contribution in [0.5, 0.6) is 0 Å². The smallest absolute Gasteiger partial charge is 0.232 e. The Bertz CT molecular complexity index is 692. The molecule has 0 unspecified atom stereocenters. The summed E-state index contributed by atoms with van der Waals surface area (Å²) in [5.74, 6) is 0.249. The van der Waals surface area contributed by atoms with Gasteiger partial charge in [0, 0.05) is 26.1 Å². The van der Waals surface area contributed by atoms with Gasteiger partial charge in [-0.2, -0.15) is 0 Å². The topological polar surface area (TPSA) is 57.7 Å². The predicted molar refractivity (Wildman–Crippen MR) is 97.9 cm³/mol. The van der Waals surface area contributed by atoms with Crippen LogP contribution < -0.4 is 4.31 Å². The summed E-state index contributed by atoms with van der Waals surface area (Å²) in [5.41, 5.74) is 2.64. The molecule has 6 heteroatoms. The summed E-state index contributed by atoms with van der Waals surface area (Å²) in [6.45, 7) is 7.79. The molecule has 1 saturated heterocycles. The number of hydrogen-bond donors (Lipinski definition) is 0. The maximum atomic E-state index is 12.4. The van der Waals surface area contributed by atoms with Gasteiger partial charge in [-0.1, -0.05) is 32.0 Å². The van der Waals surface area contributed by atoms with Crippen LogP contribution >= 0.6 is 0 Å². The van der Waals surface area contributed by atoms with Crippen LogP contribution in [0.25, 0.3) is 0 Å². The first-order valence-corrected chi connectivity index (χ1v) is 10.4. The molecule has 0 aromatic heterocycles. The first kappa shape index (κ1) is 18.8. The zero-order valence-corrected chi connectivity index (χ0v) is 15.9. The van der Waals surface area contributed by atoms with Crippen LogP contribution in [0.1, 0.15) is 50.2 Å². The van der Waals surface area contributed by atoms with E-state index in [1.807, 2.05) is 43.9 Å². The summed E-state index contributed by atoms with van der Waals surface area (Å²) in [7, 11) is -3.45. The van der Waals surface area contributed by atoms with E-state index in [0.717, 1.165) is 42.7 Å². The summed E-state index contributed by atoms with van der Waals surface area (Å²) in [5, 5.41) is 0. The van der Waals surface area contributed by atoms with Crippen molar-refractivity contribution in [3.8, 4) is 0 Å². The minimum atomic E-state index is -3.45. The van der Waals surface area contributed by atoms with Crippen molar-refractivity contribution in [1.82, 2.24) is 4.90 Å². The van der Waals surface area contributed by atoms with Crippen molar-refractivity contribution in [2.24, 2.45) is 0 Å². The van der Waals surface area contributed by atoms with Gasteiger partial charge in [0.25, 0.3) is 0 Å². The summed E-state index contributed by atoms with van der Waals surface area (Å²) >= 11 is 0. The third-order valence-corrected chi connectivity index (χ3v) is 5.69. The zero-order valence-electron chi connectivity index (χ0n) is 15.1. The molecule has 5 nitrogen and oxygen atoms in total. The molecule has 0 atom stereocenters. The number of amides is 1. The van der Waals surface area contributed by atoms with Gasteiger partial charge in [0.1, 0.15) is 0 Å². The van der Waals surface area contributed by atoms with Crippen molar-refractivity contribution in [3.63, 3.8) is 0 Å². The number of anilines is 1. The molecule has 24 heavy (non-hydrogen) atoms. The standard InChI is InChI=1S/C18H28N2O3S/c1-14(2)16-9-7-8-15(3)18(16)20(24(4,22)23)13-10-17(21)19-11-5-6-12-19/h7-9,14H,5-6,10-13H2,1-4H3. The number of carbonyl (C=O) groups excluding carboxylic acids is 1. The Kier molecular flexibility index (Phi) is 5.91. The number of hydrogen-bond acceptors (Lipinski definition) is 3. The number of rotatable bonds is 6. The first-order chi connectivity index (χ1) is 11.2. The Hall–Kier alpha value is -1.56. The second-order valence-corrected chi connectivity index (χ2v) is 8.75. The molecule has 0 aliphatic carbocycles. The molecule has 0 radical (unpaired) electrons. The molecule has 1 amide bonds. The molecular formula is C18H28N2O3S. The van der Waals surface area contributed by atoms with Crippen LogP contribution in [0.15, 0.2) is 18.2 Å². The Balaban J connectivity index is 2.29. The first-order valence-electron chi connectivity index (χ1n) is 8.57. The van der Waals surface area contributed by atoms with Gasteiger partial charge in [-0.3, -0.25) is 9.10 Å². The highest BCUT2D eigenvalue weighted by Crippen LogP contribution is 2.32. The van der Waals surface area contributed by atoms with Gasteiger partial charge >= 0.3 is 0 Å². The van der Waals surface area contributed by atoms with Gasteiger partial charge in [-0.05, 0) is 36.8 Å². The van der Waals surface area contributed by atoms with Crippen molar-refractivity contribution in [3.05, 3.63) is 29.3 Å². The van der Waals surface area contributed by atoms with Crippen molar-refractivity contribution in [2.45, 2.75) is 46.0 Å². The fourth-order valence-electron chi connectivity index (χ4n) is 3.25. The molecule has 0 spiro atoms. The number of para-hydroxylation sites is 1. The van der Waals surface area contributed by atoms with E-state index in [2.05, 4.69) is 0 Å². The van der Waals surface area contributed by atoms with Gasteiger partial charge in [0.05, 0.1) is 11.9 Å². The Morgan fingerprint density at radius 3 is 2.42 bits per heavy atom. The quantitative estimate of drug-likeness (QED) is 0.791. The lowest BCUT2D eigenvalue weighted by Crippen LogP contribution is -2.36. The maximum Gasteiger partial charge on any atom is 0.232 e. The van der Waals surface area contributed by atoms with E-state index in [-0.39, 0.29) is 24.8 Å². The molecular weight excluding hydrogens is 324 g/mol. The fourth-order valence-corrected chi connectivity index (χ4v) is 4.26. The lowest BCUT2D eigenvalue weighted by Gasteiger charge is -2.28. The molecule has 0 N–H and O–H groups in total. The van der Waals surface area contributed by atoms with Crippen molar-refractivity contribution >= 4 is 21.6 Å². The van der Waals surface area contributed by atoms with E-state index in [1.165, 1.54) is 10.6 Å². The van der Waals surface area contributed by atoms with Gasteiger partial charge < -0.3 is 4.90 Å². The number of likely N-dealkylation sites (tertiary alicyclic amines) is 1. The average Bonchev–Trinajstić information content (AvgIpc) is 3.01. The highest BCUT2D eigenvalue weighted by molar-refractivity contribution is 7.92. The second kappa shape index (κ2) is 7.55. The molecule has 1 aliphatic heterocycles. The molecule has 2 rings (SSSR count). The SMILES string of the molecule is Cc1cccc(C(C)C)c1N(CCC(=O)N1CCCC1)S(C)(=O)=O. The van der Waals surface area contributed by atoms with Crippen LogP contribution in [0.2, 0.25) is 0 Å². The minimum absolute atomic E-state index is 0.0424. The Labute approximate surface area is 145 Å². The third-order valence-electron chi connectivity index (χ3n) is 4.53. The Morgan fingerprint density at radius 2 is 1.88 bits per heavy atom. The molecule has 134 valence electrons. The maximum absolute atomic E-state index is 12.4. The highest BCUT2D eigenvalue weighted by Gasteiger charge is 2.25. The number of nitrogens with zero attached hydrogens (tertiary/aromatic N) is 2. The van der Waals surface area contributed by atoms with E-state index >= 15 is 0 Å². The largest absolute Gasteiger partial charge is 0.343 e. The van der Waals surface area contributed by atoms with Gasteiger partial charge in [0.2, 0.25) is 15.9 Å². The zero-order chi connectivity index (χ0) is 17.9. The van der Waals surface area contributed by atoms with Crippen LogP contribution in [-0.4, -0.2) is 45.1 Å². The van der Waals surface area contributed by atoms with E-state index in [9.17, 15) is 13.2 Å². The second-order valence-electron chi connectivity index (χ2n) is 6.84. The molecule has 1 aliphatic rings. The fraction of sp³-hybridized carbons (Fsp3) is 0.611. The lowest BCUT2D eigenvalue weighted by atomic mass is 9.98. The average molecular weight is 353 g/mol. The van der Waals surface area contributed by atoms with E-state index in [0.29, 0.717) is 0 Å². The number of sulfonamides is 1. The number of carbonyl (C=O) groups is 1. The minimum Gasteiger partial charge on any atom is -0.343 e. The number of benzene rings is 1. The van der Waals surface area contributed by atoms with E-state index < -0.39 is 10.0 Å². The molecule has 1 fully saturated rings. The predicted octanol–water partition coefficient (Wildman–Crippen LogP) is 2.90. The van der Waals surface area contributed by atoms with Crippen molar-refractivity contribution in [2.75, 3.05) is 30.2 Å². The van der Waals surface area contributed by atoms with Gasteiger partial charge in [-0.25, -0.2) is 8.42 Å². The van der Waals surface area contributed by atoms with E-state index in [4.69, 9.17) is 0 Å². The summed E-state index contributed by atoms with van der Waals surface area (Å²) in [4.78, 5) is 14.2. The molecule has 1 aromatic rings. The lowest BCUT2D eigenvalue weighted by molar-refractivity contribution is -0.129. The van der Waals surface area contributed by atoms with Crippen molar-refractivity contribution in [1.29, 1.82) is 0 Å². The molecule has 1 heterocycles. The van der Waals surface area contributed by atoms with Gasteiger partial charge in [-0.15, -0.1) is 0 Å². The highest BCUT2D eigenvalue weighted by atomic mass is 32.2. The summed E-state index contributed by atoms with van der Waals surface area (Å²) in [6.07, 6.45) is 3.51. The molecule has 0 bridgehead atoms. The van der Waals surface area contributed by atoms with Gasteiger partial charge in [0.15, 0.2) is 0 Å². The monoisotopic (exact) mass is 352 g/mol. The van der Waals surface area contributed by atoms with Crippen molar-refractivity contribution < 1.29 is 13.2 Å². The third kappa shape index (κ3) is 4.29. The van der Waals surface area contributed by atoms with Crippen LogP contribution in [0, 0.1) is 6.92 Å². The summed E-state index contributed by atoms with van der Waals surface area (Å²) < 4.78 is 26.2. The number of aryl methyl sites for hydroxylation is 1. The summed E-state index contributed by atoms with van der Waals surface area (Å²) in [6, 6.07) is 5.83. The normalized spacial score (nSPS) is 15.1.